The van der Waals surface area contributed by atoms with E-state index in [0.29, 0.717) is 0 Å². The van der Waals surface area contributed by atoms with Gasteiger partial charge in [-0.2, -0.15) is 4.39 Å². The first-order valence-corrected chi connectivity index (χ1v) is 2.65. The third-order valence-corrected chi connectivity index (χ3v) is 0. The third-order valence-electron chi connectivity index (χ3n) is 0. The lowest BCUT2D eigenvalue weighted by molar-refractivity contribution is 0.507. The number of halogens is 6. The standard InChI is InChI=1S/CCl3F.CClF/c2-1(3,4)5;2-1-3. The van der Waals surface area contributed by atoms with Gasteiger partial charge in [-0.15, -0.1) is 0 Å². The van der Waals surface area contributed by atoms with E-state index in [2.05, 4.69) is 46.4 Å². The molecule has 0 nitrogen and oxygen atoms in total. The molecule has 0 rings (SSSR count). The molecule has 0 N–H and O–H groups in total. The van der Waals surface area contributed by atoms with Gasteiger partial charge in [-0.1, -0.05) is 11.6 Å². The van der Waals surface area contributed by atoms with Gasteiger partial charge in [-0.05, 0) is 34.8 Å². The van der Waals surface area contributed by atoms with Gasteiger partial charge in [0, 0.05) is 0 Å². The van der Waals surface area contributed by atoms with Crippen molar-refractivity contribution in [2.45, 2.75) is 4.05 Å². The van der Waals surface area contributed by atoms with Gasteiger partial charge in [0.05, 0.1) is 0 Å². The Morgan fingerprint density at radius 3 is 1.25 bits per heavy atom. The van der Waals surface area contributed by atoms with Crippen LogP contribution >= 0.6 is 46.4 Å². The highest BCUT2D eigenvalue weighted by Gasteiger charge is 2.14. The van der Waals surface area contributed by atoms with Gasteiger partial charge < -0.3 is 0 Å². The summed E-state index contributed by atoms with van der Waals surface area (Å²) in [5.74, 6) is 0. The third kappa shape index (κ3) is 245. The lowest BCUT2D eigenvalue weighted by Crippen LogP contribution is -1.83. The van der Waals surface area contributed by atoms with Gasteiger partial charge in [-0.3, -0.25) is 0 Å². The fourth-order valence-electron chi connectivity index (χ4n) is 0. The van der Waals surface area contributed by atoms with E-state index >= 15 is 0 Å². The van der Waals surface area contributed by atoms with Gasteiger partial charge in [0.1, 0.15) is 0 Å². The average Bonchev–Trinajstić information content (AvgIpc) is 1.27. The molecule has 0 aromatic rings. The summed E-state index contributed by atoms with van der Waals surface area (Å²) in [5, 5.41) is 0. The van der Waals surface area contributed by atoms with Crippen LogP contribution in [0.25, 0.3) is 0 Å². The molecule has 0 saturated heterocycles. The van der Waals surface area contributed by atoms with E-state index in [-0.39, 0.29) is 0 Å². The summed E-state index contributed by atoms with van der Waals surface area (Å²) in [6.07, 6.45) is 0.722. The van der Waals surface area contributed by atoms with Gasteiger partial charge in [-0.25, -0.2) is 4.39 Å². The maximum Gasteiger partial charge on any atom is 0.333 e. The van der Waals surface area contributed by atoms with Crippen molar-refractivity contribution in [1.29, 1.82) is 0 Å². The van der Waals surface area contributed by atoms with Gasteiger partial charge in [0.2, 0.25) is 0 Å². The van der Waals surface area contributed by atoms with E-state index in [1.807, 2.05) is 0 Å². The number of alkyl halides is 4. The summed E-state index contributed by atoms with van der Waals surface area (Å²) in [6, 6.07) is 0. The second-order valence-corrected chi connectivity index (χ2v) is 2.79. The zero-order valence-corrected chi connectivity index (χ0v) is 6.29. The van der Waals surface area contributed by atoms with E-state index in [4.69, 9.17) is 0 Å². The Morgan fingerprint density at radius 2 is 1.25 bits per heavy atom. The van der Waals surface area contributed by atoms with Crippen LogP contribution in [-0.4, -0.2) is 4.05 Å². The van der Waals surface area contributed by atoms with E-state index in [0.717, 1.165) is 6.13 Å². The molecule has 0 spiro atoms. The highest BCUT2D eigenvalue weighted by Crippen LogP contribution is 2.26. The van der Waals surface area contributed by atoms with Crippen LogP contribution in [0.1, 0.15) is 0 Å². The molecule has 0 aliphatic rings. The summed E-state index contributed by atoms with van der Waals surface area (Å²) in [5.41, 5.74) is 0. The normalized spacial score (nSPS) is 9.75. The lowest BCUT2D eigenvalue weighted by Gasteiger charge is -1.89. The van der Waals surface area contributed by atoms with Crippen molar-refractivity contribution in [3.05, 3.63) is 6.13 Å². The summed E-state index contributed by atoms with van der Waals surface area (Å²) in [6.45, 7) is 0. The number of rotatable bonds is 0. The van der Waals surface area contributed by atoms with Crippen LogP contribution in [0.4, 0.5) is 8.78 Å². The van der Waals surface area contributed by atoms with Crippen molar-refractivity contribution in [3.63, 3.8) is 0 Å². The van der Waals surface area contributed by atoms with Gasteiger partial charge in [0.25, 0.3) is 6.13 Å². The van der Waals surface area contributed by atoms with E-state index in [1.54, 1.807) is 0 Å². The molecule has 50 valence electrons. The van der Waals surface area contributed by atoms with Gasteiger partial charge >= 0.3 is 4.05 Å². The highest BCUT2D eigenvalue weighted by atomic mass is 35.6. The molecule has 0 aromatic heterocycles. The summed E-state index contributed by atoms with van der Waals surface area (Å²) in [7, 11) is 0. The van der Waals surface area contributed by atoms with Crippen LogP contribution in [0.5, 0.6) is 0 Å². The van der Waals surface area contributed by atoms with Crippen molar-refractivity contribution < 1.29 is 8.78 Å². The minimum Gasteiger partial charge on any atom is -0.216 e. The Bertz CT molecular complexity index is 35.8. The molecule has 0 fully saturated rings. The zero-order valence-electron chi connectivity index (χ0n) is 3.27. The molecule has 0 saturated carbocycles. The number of hydrogen-bond acceptors (Lipinski definition) is 0. The molecule has 6 heteroatoms. The van der Waals surface area contributed by atoms with E-state index in [9.17, 15) is 8.78 Å². The monoisotopic (exact) mass is 202 g/mol. The van der Waals surface area contributed by atoms with Crippen LogP contribution in [0.3, 0.4) is 0 Å². The lowest BCUT2D eigenvalue weighted by atomic mass is 11.7. The minimum atomic E-state index is -2.58. The largest absolute Gasteiger partial charge is 0.333 e. The molecule has 0 bridgehead atoms. The molecular formula is C2Cl4F2. The van der Waals surface area contributed by atoms with Crippen molar-refractivity contribution >= 4 is 46.4 Å². The fourth-order valence-corrected chi connectivity index (χ4v) is 0. The van der Waals surface area contributed by atoms with E-state index < -0.39 is 4.05 Å². The molecule has 0 aliphatic carbocycles. The smallest absolute Gasteiger partial charge is 0.216 e. The van der Waals surface area contributed by atoms with Crippen LogP contribution in [0.15, 0.2) is 0 Å². The van der Waals surface area contributed by atoms with Gasteiger partial charge in [0.15, 0.2) is 0 Å². The van der Waals surface area contributed by atoms with E-state index in [1.165, 1.54) is 0 Å². The molecular weight excluding hydrogens is 204 g/mol. The van der Waals surface area contributed by atoms with Crippen LogP contribution in [0.2, 0.25) is 0 Å². The second kappa shape index (κ2) is 6.14. The average molecular weight is 204 g/mol. The first-order valence-electron chi connectivity index (χ1n) is 1.13. The van der Waals surface area contributed by atoms with Crippen molar-refractivity contribution in [2.75, 3.05) is 0 Å². The Labute approximate surface area is 65.7 Å². The summed E-state index contributed by atoms with van der Waals surface area (Å²) < 4.78 is 18.2. The molecule has 0 aromatic carbocycles. The fraction of sp³-hybridized carbons (Fsp3) is 0.500. The second-order valence-electron chi connectivity index (χ2n) is 0.500. The highest BCUT2D eigenvalue weighted by molar-refractivity contribution is 6.66. The maximum absolute atomic E-state index is 11.0. The Kier molecular flexibility index (Phi) is 9.04. The number of hydrogen-bond donors (Lipinski definition) is 0. The SMILES string of the molecule is FC(Cl)(Cl)Cl.F[C]Cl. The quantitative estimate of drug-likeness (QED) is 0.529. The first-order chi connectivity index (χ1) is 3.41. The Hall–Kier alpha value is 1.02. The first kappa shape index (κ1) is 11.8. The zero-order chi connectivity index (χ0) is 7.21. The predicted molar refractivity (Wildman–Crippen MR) is 31.6 cm³/mol. The van der Waals surface area contributed by atoms with Crippen LogP contribution in [-0.2, 0) is 0 Å². The van der Waals surface area contributed by atoms with Crippen molar-refractivity contribution in [1.82, 2.24) is 0 Å². The topological polar surface area (TPSA) is 0 Å². The maximum atomic E-state index is 11.0. The Morgan fingerprint density at radius 1 is 1.25 bits per heavy atom. The predicted octanol–water partition coefficient (Wildman–Crippen LogP) is 3.47. The molecule has 0 aliphatic heterocycles. The molecule has 0 unspecified atom stereocenters. The minimum absolute atomic E-state index is 0.722. The molecule has 0 heterocycles. The van der Waals surface area contributed by atoms with Crippen LogP contribution < -0.4 is 0 Å². The van der Waals surface area contributed by atoms with Crippen molar-refractivity contribution in [2.24, 2.45) is 0 Å². The molecule has 0 amide bonds. The van der Waals surface area contributed by atoms with Crippen LogP contribution in [0, 0.1) is 6.13 Å². The summed E-state index contributed by atoms with van der Waals surface area (Å²) in [4.78, 5) is 0. The summed E-state index contributed by atoms with van der Waals surface area (Å²) >= 11 is 17.3. The molecule has 0 atom stereocenters. The Balaban J connectivity index is 0. The van der Waals surface area contributed by atoms with Crippen molar-refractivity contribution in [3.8, 4) is 0 Å². The molecule has 8 heavy (non-hydrogen) atoms. The molecule has 2 radical (unpaired) electrons.